The minimum absolute atomic E-state index is 0.134. The van der Waals surface area contributed by atoms with Gasteiger partial charge in [0.2, 0.25) is 11.8 Å². The van der Waals surface area contributed by atoms with Gasteiger partial charge < -0.3 is 24.3 Å². The maximum absolute atomic E-state index is 12.6. The maximum atomic E-state index is 12.6. The van der Waals surface area contributed by atoms with E-state index in [9.17, 15) is 9.59 Å². The van der Waals surface area contributed by atoms with Crippen LogP contribution in [0, 0.1) is 0 Å². The summed E-state index contributed by atoms with van der Waals surface area (Å²) < 4.78 is 22.1. The molecule has 0 aliphatic heterocycles. The second-order valence-electron chi connectivity index (χ2n) is 9.82. The molecule has 4 aromatic rings. The van der Waals surface area contributed by atoms with Crippen LogP contribution in [0.3, 0.4) is 0 Å². The molecule has 4 rings (SSSR count). The normalized spacial score (nSPS) is 11.1. The highest BCUT2D eigenvalue weighted by Gasteiger charge is 2.21. The Bertz CT molecular complexity index is 1500. The zero-order valence-corrected chi connectivity index (χ0v) is 23.2. The van der Waals surface area contributed by atoms with Gasteiger partial charge in [-0.2, -0.15) is 0 Å². The van der Waals surface area contributed by atoms with E-state index in [4.69, 9.17) is 18.9 Å². The van der Waals surface area contributed by atoms with Gasteiger partial charge in [-0.1, -0.05) is 12.1 Å². The van der Waals surface area contributed by atoms with Crippen molar-refractivity contribution in [3.63, 3.8) is 0 Å². The number of carbonyl (C=O) groups excluding carboxylic acids is 2. The molecular formula is C29H31N5O6. The summed E-state index contributed by atoms with van der Waals surface area (Å²) in [6.07, 6.45) is 2.55. The summed E-state index contributed by atoms with van der Waals surface area (Å²) in [6, 6.07) is 13.9. The second-order valence-corrected chi connectivity index (χ2v) is 9.82. The number of rotatable bonds is 8. The Morgan fingerprint density at radius 2 is 1.62 bits per heavy atom. The first-order valence-corrected chi connectivity index (χ1v) is 12.4. The molecule has 0 bridgehead atoms. The number of anilines is 2. The van der Waals surface area contributed by atoms with E-state index < -0.39 is 11.7 Å². The van der Waals surface area contributed by atoms with Crippen molar-refractivity contribution in [1.82, 2.24) is 15.0 Å². The fourth-order valence-corrected chi connectivity index (χ4v) is 3.69. The van der Waals surface area contributed by atoms with E-state index in [0.717, 1.165) is 5.56 Å². The Labute approximate surface area is 232 Å². The van der Waals surface area contributed by atoms with Gasteiger partial charge in [0.25, 0.3) is 0 Å². The minimum Gasteiger partial charge on any atom is -0.493 e. The number of methoxy groups -OCH3 is 2. The smallest absolute Gasteiger partial charge is 0.414 e. The summed E-state index contributed by atoms with van der Waals surface area (Å²) >= 11 is 0. The SMILES string of the molecule is COc1cc2ncnc(Oc3ccc(CC(=O)Nc4ccc(N(C)C(=O)OC(C)(C)C)cn4)cc3)c2cc1OC. The summed E-state index contributed by atoms with van der Waals surface area (Å²) in [5.74, 6) is 2.14. The summed E-state index contributed by atoms with van der Waals surface area (Å²) in [5.41, 5.74) is 1.36. The third-order valence-corrected chi connectivity index (χ3v) is 5.68. The molecule has 11 heteroatoms. The maximum Gasteiger partial charge on any atom is 0.414 e. The van der Waals surface area contributed by atoms with Crippen LogP contribution in [0.2, 0.25) is 0 Å². The Hall–Kier alpha value is -4.93. The molecule has 208 valence electrons. The molecule has 0 spiro atoms. The number of carbonyl (C=O) groups is 2. The first-order chi connectivity index (χ1) is 19.1. The molecule has 0 radical (unpaired) electrons. The molecule has 2 heterocycles. The summed E-state index contributed by atoms with van der Waals surface area (Å²) in [4.78, 5) is 39.0. The number of hydrogen-bond donors (Lipinski definition) is 1. The van der Waals surface area contributed by atoms with Gasteiger partial charge in [-0.3, -0.25) is 9.69 Å². The fourth-order valence-electron chi connectivity index (χ4n) is 3.69. The molecule has 2 amide bonds. The number of hydrogen-bond acceptors (Lipinski definition) is 9. The Balaban J connectivity index is 1.37. The molecule has 11 nitrogen and oxygen atoms in total. The van der Waals surface area contributed by atoms with Crippen molar-refractivity contribution < 1.29 is 28.5 Å². The number of aromatic nitrogens is 3. The number of ether oxygens (including phenoxy) is 4. The quantitative estimate of drug-likeness (QED) is 0.310. The zero-order valence-electron chi connectivity index (χ0n) is 23.2. The van der Waals surface area contributed by atoms with Crippen molar-refractivity contribution in [3.05, 3.63) is 66.6 Å². The third kappa shape index (κ3) is 6.93. The van der Waals surface area contributed by atoms with Crippen LogP contribution in [-0.4, -0.2) is 53.8 Å². The van der Waals surface area contributed by atoms with Gasteiger partial charge in [0, 0.05) is 13.1 Å². The van der Waals surface area contributed by atoms with Crippen LogP contribution in [0.4, 0.5) is 16.3 Å². The molecule has 0 saturated heterocycles. The average Bonchev–Trinajstić information content (AvgIpc) is 2.92. The molecule has 0 aliphatic rings. The Morgan fingerprint density at radius 1 is 0.925 bits per heavy atom. The number of nitrogens with one attached hydrogen (secondary N) is 1. The number of fused-ring (bicyclic) bond motifs is 1. The lowest BCUT2D eigenvalue weighted by atomic mass is 10.1. The van der Waals surface area contributed by atoms with Crippen molar-refractivity contribution in [2.24, 2.45) is 0 Å². The molecule has 0 atom stereocenters. The van der Waals surface area contributed by atoms with E-state index in [0.29, 0.717) is 45.5 Å². The van der Waals surface area contributed by atoms with Crippen LogP contribution in [0.15, 0.2) is 61.1 Å². The van der Waals surface area contributed by atoms with Crippen LogP contribution >= 0.6 is 0 Å². The van der Waals surface area contributed by atoms with E-state index in [1.165, 1.54) is 17.4 Å². The van der Waals surface area contributed by atoms with Gasteiger partial charge in [0.1, 0.15) is 23.5 Å². The lowest BCUT2D eigenvalue weighted by Gasteiger charge is -2.24. The highest BCUT2D eigenvalue weighted by atomic mass is 16.6. The zero-order chi connectivity index (χ0) is 28.9. The predicted octanol–water partition coefficient (Wildman–Crippen LogP) is 5.39. The van der Waals surface area contributed by atoms with Gasteiger partial charge in [-0.05, 0) is 56.7 Å². The molecule has 0 aliphatic carbocycles. The Morgan fingerprint density at radius 3 is 2.25 bits per heavy atom. The lowest BCUT2D eigenvalue weighted by molar-refractivity contribution is -0.115. The van der Waals surface area contributed by atoms with Crippen molar-refractivity contribution in [2.45, 2.75) is 32.8 Å². The number of pyridine rings is 1. The van der Waals surface area contributed by atoms with Crippen molar-refractivity contribution in [1.29, 1.82) is 0 Å². The molecule has 2 aromatic carbocycles. The van der Waals surface area contributed by atoms with Crippen molar-refractivity contribution in [3.8, 4) is 23.1 Å². The predicted molar refractivity (Wildman–Crippen MR) is 150 cm³/mol. The summed E-state index contributed by atoms with van der Waals surface area (Å²) in [6.45, 7) is 5.39. The van der Waals surface area contributed by atoms with Crippen LogP contribution < -0.4 is 24.4 Å². The number of nitrogens with zero attached hydrogens (tertiary/aromatic N) is 4. The van der Waals surface area contributed by atoms with Crippen LogP contribution in [0.25, 0.3) is 10.9 Å². The van der Waals surface area contributed by atoms with E-state index in [-0.39, 0.29) is 12.3 Å². The molecule has 0 saturated carbocycles. The van der Waals surface area contributed by atoms with E-state index in [1.54, 1.807) is 90.6 Å². The monoisotopic (exact) mass is 545 g/mol. The lowest BCUT2D eigenvalue weighted by Crippen LogP contribution is -2.34. The van der Waals surface area contributed by atoms with E-state index in [2.05, 4.69) is 20.3 Å². The van der Waals surface area contributed by atoms with Crippen LogP contribution in [0.1, 0.15) is 26.3 Å². The van der Waals surface area contributed by atoms with Gasteiger partial charge >= 0.3 is 6.09 Å². The van der Waals surface area contributed by atoms with Crippen molar-refractivity contribution in [2.75, 3.05) is 31.5 Å². The molecule has 0 unspecified atom stereocenters. The number of amides is 2. The second kappa shape index (κ2) is 11.9. The molecule has 2 aromatic heterocycles. The largest absolute Gasteiger partial charge is 0.493 e. The Kier molecular flexibility index (Phi) is 8.32. The van der Waals surface area contributed by atoms with Gasteiger partial charge in [0.15, 0.2) is 11.5 Å². The summed E-state index contributed by atoms with van der Waals surface area (Å²) in [7, 11) is 4.71. The number of benzene rings is 2. The van der Waals surface area contributed by atoms with Gasteiger partial charge in [0.05, 0.1) is 43.4 Å². The fraction of sp³-hybridized carbons (Fsp3) is 0.276. The van der Waals surface area contributed by atoms with Crippen LogP contribution in [-0.2, 0) is 16.0 Å². The average molecular weight is 546 g/mol. The minimum atomic E-state index is -0.607. The molecule has 0 fully saturated rings. The summed E-state index contributed by atoms with van der Waals surface area (Å²) in [5, 5.41) is 3.43. The topological polar surface area (TPSA) is 125 Å². The molecular weight excluding hydrogens is 514 g/mol. The first-order valence-electron chi connectivity index (χ1n) is 12.4. The van der Waals surface area contributed by atoms with Gasteiger partial charge in [-0.15, -0.1) is 0 Å². The van der Waals surface area contributed by atoms with Gasteiger partial charge in [-0.25, -0.2) is 19.7 Å². The van der Waals surface area contributed by atoms with E-state index >= 15 is 0 Å². The first kappa shape index (κ1) is 28.1. The van der Waals surface area contributed by atoms with E-state index in [1.807, 2.05) is 0 Å². The standard InChI is InChI=1S/C29H31N5O6/c1-29(2,3)40-28(36)34(4)19-9-12-25(30-16-19)33-26(35)13-18-7-10-20(11-8-18)39-27-21-14-23(37-5)24(38-6)15-22(21)31-17-32-27/h7-12,14-17H,13H2,1-6H3,(H,30,33,35). The third-order valence-electron chi connectivity index (χ3n) is 5.68. The molecule has 1 N–H and O–H groups in total. The van der Waals surface area contributed by atoms with Crippen molar-refractivity contribution >= 4 is 34.4 Å². The van der Waals surface area contributed by atoms with Crippen LogP contribution in [0.5, 0.6) is 23.1 Å². The molecule has 40 heavy (non-hydrogen) atoms. The highest BCUT2D eigenvalue weighted by molar-refractivity contribution is 5.92. The highest BCUT2D eigenvalue weighted by Crippen LogP contribution is 2.35.